The maximum atomic E-state index is 12.2. The molecule has 1 saturated heterocycles. The predicted molar refractivity (Wildman–Crippen MR) is 83.7 cm³/mol. The van der Waals surface area contributed by atoms with Crippen LogP contribution in [-0.4, -0.2) is 24.5 Å². The van der Waals surface area contributed by atoms with Gasteiger partial charge >= 0.3 is 0 Å². The number of carbonyl (C=O) groups is 1. The summed E-state index contributed by atoms with van der Waals surface area (Å²) in [4.78, 5) is 14.2. The van der Waals surface area contributed by atoms with Gasteiger partial charge in [-0.3, -0.25) is 4.79 Å². The van der Waals surface area contributed by atoms with Crippen LogP contribution in [0.1, 0.15) is 38.2 Å². The lowest BCUT2D eigenvalue weighted by molar-refractivity contribution is -0.131. The second-order valence-electron chi connectivity index (χ2n) is 5.37. The third-order valence-corrected chi connectivity index (χ3v) is 4.60. The number of hydrogen-bond acceptors (Lipinski definition) is 2. The Bertz CT molecular complexity index is 476. The normalized spacial score (nSPS) is 19.9. The second kappa shape index (κ2) is 7.11. The lowest BCUT2D eigenvalue weighted by Gasteiger charge is -2.22. The second-order valence-corrected chi connectivity index (χ2v) is 6.29. The Morgan fingerprint density at radius 1 is 1.40 bits per heavy atom. The first-order valence-electron chi connectivity index (χ1n) is 7.24. The van der Waals surface area contributed by atoms with E-state index in [0.29, 0.717) is 18.9 Å². The fraction of sp³-hybridized carbons (Fsp3) is 0.562. The van der Waals surface area contributed by atoms with Crippen molar-refractivity contribution in [2.45, 2.75) is 39.2 Å². The van der Waals surface area contributed by atoms with Crippen LogP contribution in [0.25, 0.3) is 0 Å². The van der Waals surface area contributed by atoms with Gasteiger partial charge < -0.3 is 9.64 Å². The van der Waals surface area contributed by atoms with Crippen molar-refractivity contribution in [3.05, 3.63) is 28.2 Å². The van der Waals surface area contributed by atoms with E-state index >= 15 is 0 Å². The fourth-order valence-electron chi connectivity index (χ4n) is 2.74. The molecule has 0 bridgehead atoms. The Morgan fingerprint density at radius 3 is 2.90 bits per heavy atom. The monoisotopic (exact) mass is 339 g/mol. The van der Waals surface area contributed by atoms with E-state index in [1.807, 2.05) is 23.1 Å². The minimum atomic E-state index is 0.267. The van der Waals surface area contributed by atoms with Crippen molar-refractivity contribution >= 4 is 21.8 Å². The molecule has 110 valence electrons. The molecule has 0 saturated carbocycles. The Balaban J connectivity index is 2.12. The summed E-state index contributed by atoms with van der Waals surface area (Å²) in [6.45, 7) is 3.70. The maximum absolute atomic E-state index is 12.2. The van der Waals surface area contributed by atoms with Crippen LogP contribution in [0.4, 0.5) is 0 Å². The van der Waals surface area contributed by atoms with Gasteiger partial charge in [-0.1, -0.05) is 29.3 Å². The van der Waals surface area contributed by atoms with Gasteiger partial charge in [0.1, 0.15) is 5.75 Å². The molecule has 2 rings (SSSR count). The van der Waals surface area contributed by atoms with Gasteiger partial charge in [-0.2, -0.15) is 0 Å². The molecule has 1 aliphatic heterocycles. The smallest absolute Gasteiger partial charge is 0.222 e. The molecular weight excluding hydrogens is 318 g/mol. The summed E-state index contributed by atoms with van der Waals surface area (Å²) in [5.74, 6) is 1.80. The average molecular weight is 340 g/mol. The van der Waals surface area contributed by atoms with Crippen molar-refractivity contribution in [1.29, 1.82) is 0 Å². The summed E-state index contributed by atoms with van der Waals surface area (Å²) in [6, 6.07) is 5.94. The largest absolute Gasteiger partial charge is 0.496 e. The summed E-state index contributed by atoms with van der Waals surface area (Å²) in [5.41, 5.74) is 1.06. The highest BCUT2D eigenvalue weighted by Gasteiger charge is 2.22. The van der Waals surface area contributed by atoms with Crippen LogP contribution in [0, 0.1) is 5.92 Å². The molecule has 1 aromatic rings. The standard InChI is InChI=1S/C16H22BrNO2/c1-3-12-4-7-16(19)18(9-8-12)11-13-10-14(17)5-6-15(13)20-2/h5-6,10,12H,3-4,7-9,11H2,1-2H3. The molecule has 0 N–H and O–H groups in total. The zero-order valence-electron chi connectivity index (χ0n) is 12.2. The van der Waals surface area contributed by atoms with Crippen molar-refractivity contribution in [3.63, 3.8) is 0 Å². The molecule has 1 heterocycles. The molecule has 1 unspecified atom stereocenters. The number of likely N-dealkylation sites (tertiary alicyclic amines) is 1. The van der Waals surface area contributed by atoms with Crippen LogP contribution in [-0.2, 0) is 11.3 Å². The summed E-state index contributed by atoms with van der Waals surface area (Å²) < 4.78 is 6.41. The number of methoxy groups -OCH3 is 1. The van der Waals surface area contributed by atoms with Crippen molar-refractivity contribution < 1.29 is 9.53 Å². The van der Waals surface area contributed by atoms with Gasteiger partial charge in [0.15, 0.2) is 0 Å². The molecule has 0 aliphatic carbocycles. The molecule has 1 atom stereocenters. The van der Waals surface area contributed by atoms with E-state index in [9.17, 15) is 4.79 Å². The molecule has 1 aliphatic rings. The highest BCUT2D eigenvalue weighted by molar-refractivity contribution is 9.10. The third-order valence-electron chi connectivity index (χ3n) is 4.11. The van der Waals surface area contributed by atoms with Crippen LogP contribution in [0.2, 0.25) is 0 Å². The lowest BCUT2D eigenvalue weighted by atomic mass is 9.98. The van der Waals surface area contributed by atoms with E-state index in [4.69, 9.17) is 4.74 Å². The lowest BCUT2D eigenvalue weighted by Crippen LogP contribution is -2.30. The highest BCUT2D eigenvalue weighted by Crippen LogP contribution is 2.27. The van der Waals surface area contributed by atoms with Crippen LogP contribution >= 0.6 is 15.9 Å². The molecule has 0 radical (unpaired) electrons. The number of rotatable bonds is 4. The van der Waals surface area contributed by atoms with Crippen molar-refractivity contribution in [2.24, 2.45) is 5.92 Å². The van der Waals surface area contributed by atoms with E-state index in [1.165, 1.54) is 6.42 Å². The molecule has 20 heavy (non-hydrogen) atoms. The van der Waals surface area contributed by atoms with Gasteiger partial charge in [0.25, 0.3) is 0 Å². The van der Waals surface area contributed by atoms with Gasteiger partial charge in [0.2, 0.25) is 5.91 Å². The Hall–Kier alpha value is -1.03. The first kappa shape index (κ1) is 15.4. The Morgan fingerprint density at radius 2 is 2.20 bits per heavy atom. The number of carbonyl (C=O) groups excluding carboxylic acids is 1. The first-order valence-corrected chi connectivity index (χ1v) is 8.03. The quantitative estimate of drug-likeness (QED) is 0.829. The van der Waals surface area contributed by atoms with Gasteiger partial charge in [0.05, 0.1) is 7.11 Å². The van der Waals surface area contributed by atoms with E-state index in [0.717, 1.165) is 35.2 Å². The van der Waals surface area contributed by atoms with Gasteiger partial charge in [-0.05, 0) is 37.0 Å². The van der Waals surface area contributed by atoms with E-state index < -0.39 is 0 Å². The van der Waals surface area contributed by atoms with Gasteiger partial charge in [-0.25, -0.2) is 0 Å². The topological polar surface area (TPSA) is 29.5 Å². The molecule has 4 heteroatoms. The fourth-order valence-corrected chi connectivity index (χ4v) is 3.15. The number of amides is 1. The van der Waals surface area contributed by atoms with Crippen LogP contribution < -0.4 is 4.74 Å². The van der Waals surface area contributed by atoms with Crippen molar-refractivity contribution in [3.8, 4) is 5.75 Å². The minimum Gasteiger partial charge on any atom is -0.496 e. The van der Waals surface area contributed by atoms with E-state index in [-0.39, 0.29) is 5.91 Å². The number of nitrogens with zero attached hydrogens (tertiary/aromatic N) is 1. The zero-order valence-corrected chi connectivity index (χ0v) is 13.8. The average Bonchev–Trinajstić information content (AvgIpc) is 2.62. The molecular formula is C16H22BrNO2. The predicted octanol–water partition coefficient (Wildman–Crippen LogP) is 4.00. The van der Waals surface area contributed by atoms with Gasteiger partial charge in [-0.15, -0.1) is 0 Å². The number of ether oxygens (including phenoxy) is 1. The molecule has 1 amide bonds. The number of benzene rings is 1. The summed E-state index contributed by atoms with van der Waals surface area (Å²) in [5, 5.41) is 0. The zero-order chi connectivity index (χ0) is 14.5. The Labute approximate surface area is 129 Å². The SMILES string of the molecule is CCC1CCC(=O)N(Cc2cc(Br)ccc2OC)CC1. The summed E-state index contributed by atoms with van der Waals surface area (Å²) in [6.07, 6.45) is 3.98. The summed E-state index contributed by atoms with van der Waals surface area (Å²) in [7, 11) is 1.67. The summed E-state index contributed by atoms with van der Waals surface area (Å²) >= 11 is 3.48. The molecule has 1 aromatic carbocycles. The van der Waals surface area contributed by atoms with Gasteiger partial charge in [0, 0.05) is 29.5 Å². The molecule has 1 fully saturated rings. The minimum absolute atomic E-state index is 0.267. The molecule has 3 nitrogen and oxygen atoms in total. The van der Waals surface area contributed by atoms with Crippen LogP contribution in [0.15, 0.2) is 22.7 Å². The first-order chi connectivity index (χ1) is 9.63. The van der Waals surface area contributed by atoms with Crippen molar-refractivity contribution in [1.82, 2.24) is 4.90 Å². The number of hydrogen-bond donors (Lipinski definition) is 0. The van der Waals surface area contributed by atoms with E-state index in [1.54, 1.807) is 7.11 Å². The van der Waals surface area contributed by atoms with Crippen molar-refractivity contribution in [2.75, 3.05) is 13.7 Å². The third kappa shape index (κ3) is 3.75. The maximum Gasteiger partial charge on any atom is 0.222 e. The number of halogens is 1. The molecule has 0 aromatic heterocycles. The Kier molecular flexibility index (Phi) is 5.46. The highest BCUT2D eigenvalue weighted by atomic mass is 79.9. The molecule has 0 spiro atoms. The van der Waals surface area contributed by atoms with E-state index in [2.05, 4.69) is 22.9 Å². The van der Waals surface area contributed by atoms with Crippen LogP contribution in [0.3, 0.4) is 0 Å². The van der Waals surface area contributed by atoms with Crippen LogP contribution in [0.5, 0.6) is 5.75 Å².